The van der Waals surface area contributed by atoms with Gasteiger partial charge < -0.3 is 0 Å². The van der Waals surface area contributed by atoms with Gasteiger partial charge in [-0.15, -0.1) is 0 Å². The summed E-state index contributed by atoms with van der Waals surface area (Å²) in [6, 6.07) is 0. The zero-order valence-corrected chi connectivity index (χ0v) is 7.92. The van der Waals surface area contributed by atoms with Gasteiger partial charge in [-0.25, -0.2) is 14.0 Å². The van der Waals surface area contributed by atoms with Gasteiger partial charge in [0.25, 0.3) is 7.59 Å². The highest BCUT2D eigenvalue weighted by Crippen LogP contribution is 2.60. The molecule has 11 heavy (non-hydrogen) atoms. The average Bonchev–Trinajstić information content (AvgIpc) is 2.40. The lowest BCUT2D eigenvalue weighted by Crippen LogP contribution is -2.20. The minimum atomic E-state index is -2.21. The van der Waals surface area contributed by atoms with Gasteiger partial charge >= 0.3 is 0 Å². The van der Waals surface area contributed by atoms with E-state index in [1.54, 1.807) is 0 Å². The Morgan fingerprint density at radius 1 is 1.00 bits per heavy atom. The Balaban J connectivity index is 2.35. The van der Waals surface area contributed by atoms with Crippen molar-refractivity contribution < 1.29 is 4.57 Å². The fraction of sp³-hybridized carbons (Fsp3) is 1.00. The molecule has 0 radical (unpaired) electrons. The first-order chi connectivity index (χ1) is 5.15. The van der Waals surface area contributed by atoms with Crippen molar-refractivity contribution in [2.24, 2.45) is 0 Å². The summed E-state index contributed by atoms with van der Waals surface area (Å²) in [6.07, 6.45) is 0. The zero-order valence-electron chi connectivity index (χ0n) is 7.03. The Morgan fingerprint density at radius 3 is 1.82 bits per heavy atom. The molecule has 2 aliphatic rings. The van der Waals surface area contributed by atoms with Crippen LogP contribution < -0.4 is 0 Å². The molecule has 0 aromatic heterocycles. The predicted molar refractivity (Wildman–Crippen MR) is 44.4 cm³/mol. The zero-order chi connectivity index (χ0) is 8.06. The summed E-state index contributed by atoms with van der Waals surface area (Å²) < 4.78 is 18.3. The third kappa shape index (κ3) is 0.842. The van der Waals surface area contributed by atoms with Gasteiger partial charge in [-0.3, -0.25) is 4.57 Å². The number of hydrogen-bond acceptors (Lipinski definition) is 1. The highest BCUT2D eigenvalue weighted by atomic mass is 31.2. The molecule has 2 saturated heterocycles. The molecule has 0 atom stereocenters. The van der Waals surface area contributed by atoms with Gasteiger partial charge in [0.05, 0.1) is 0 Å². The van der Waals surface area contributed by atoms with Crippen LogP contribution in [0.15, 0.2) is 0 Å². The van der Waals surface area contributed by atoms with Crippen LogP contribution in [0.3, 0.4) is 0 Å². The van der Waals surface area contributed by atoms with E-state index in [2.05, 4.69) is 4.67 Å². The molecule has 0 N–H and O–H groups in total. The fourth-order valence-electron chi connectivity index (χ4n) is 1.85. The van der Waals surface area contributed by atoms with E-state index >= 15 is 0 Å². The van der Waals surface area contributed by atoms with Crippen molar-refractivity contribution in [1.82, 2.24) is 14.0 Å². The largest absolute Gasteiger partial charge is 0.286 e. The van der Waals surface area contributed by atoms with E-state index in [1.165, 1.54) is 0 Å². The maximum atomic E-state index is 12.2. The van der Waals surface area contributed by atoms with Crippen LogP contribution in [0.25, 0.3) is 0 Å². The lowest BCUT2D eigenvalue weighted by molar-refractivity contribution is 0.435. The van der Waals surface area contributed by atoms with Crippen molar-refractivity contribution in [2.75, 3.05) is 40.3 Å². The summed E-state index contributed by atoms with van der Waals surface area (Å²) in [6.45, 7) is 3.83. The molecule has 2 heterocycles. The van der Waals surface area contributed by atoms with Crippen LogP contribution in [0.5, 0.6) is 0 Å². The first-order valence-electron chi connectivity index (χ1n) is 3.94. The third-order valence-electron chi connectivity index (χ3n) is 2.62. The summed E-state index contributed by atoms with van der Waals surface area (Å²) in [4.78, 5) is 0. The average molecular weight is 175 g/mol. The smallest absolute Gasteiger partial charge is 0.270 e. The molecule has 5 heteroatoms. The quantitative estimate of drug-likeness (QED) is 0.494. The van der Waals surface area contributed by atoms with Gasteiger partial charge in [-0.2, -0.15) is 0 Å². The summed E-state index contributed by atoms with van der Waals surface area (Å²) in [5.74, 6) is 0. The topological polar surface area (TPSA) is 26.8 Å². The Hall–Kier alpha value is 0.110. The van der Waals surface area contributed by atoms with Crippen LogP contribution >= 0.6 is 7.59 Å². The number of nitrogens with zero attached hydrogens (tertiary/aromatic N) is 3. The minimum Gasteiger partial charge on any atom is -0.270 e. The lowest BCUT2D eigenvalue weighted by Gasteiger charge is -2.25. The monoisotopic (exact) mass is 175 g/mol. The summed E-state index contributed by atoms with van der Waals surface area (Å²) in [5, 5.41) is 0. The summed E-state index contributed by atoms with van der Waals surface area (Å²) in [7, 11) is 1.68. The van der Waals surface area contributed by atoms with Crippen molar-refractivity contribution in [3.05, 3.63) is 0 Å². The Kier molecular flexibility index (Phi) is 1.62. The van der Waals surface area contributed by atoms with Crippen molar-refractivity contribution in [3.8, 4) is 0 Å². The molecule has 2 fully saturated rings. The van der Waals surface area contributed by atoms with E-state index in [1.807, 2.05) is 23.4 Å². The summed E-state index contributed by atoms with van der Waals surface area (Å²) >= 11 is 0. The number of likely N-dealkylation sites (N-methyl/N-ethyl adjacent to an activating group) is 2. The lowest BCUT2D eigenvalue weighted by atomic mass is 10.5. The molecule has 0 saturated carbocycles. The number of fused-ring (bicyclic) bond motifs is 1. The highest BCUT2D eigenvalue weighted by molar-refractivity contribution is 7.57. The maximum absolute atomic E-state index is 12.2. The Labute approximate surface area is 67.3 Å². The van der Waals surface area contributed by atoms with E-state index in [9.17, 15) is 4.57 Å². The van der Waals surface area contributed by atoms with Crippen LogP contribution in [-0.4, -0.2) is 54.3 Å². The predicted octanol–water partition coefficient (Wildman–Crippen LogP) is 0.287. The standard InChI is InChI=1S/C6H14N3OP/c1-7-3-5-9-6-4-8(2)11(7,9)10/h3-6H2,1-2H3. The Morgan fingerprint density at radius 2 is 1.45 bits per heavy atom. The third-order valence-corrected chi connectivity index (χ3v) is 5.94. The molecular formula is C6H14N3OP. The van der Waals surface area contributed by atoms with Crippen LogP contribution in [0, 0.1) is 0 Å². The normalized spacial score (nSPS) is 32.9. The highest BCUT2D eigenvalue weighted by Gasteiger charge is 2.48. The Bertz CT molecular complexity index is 202. The molecule has 2 rings (SSSR count). The van der Waals surface area contributed by atoms with Crippen LogP contribution in [0.1, 0.15) is 0 Å². The second kappa shape index (κ2) is 2.30. The van der Waals surface area contributed by atoms with Crippen molar-refractivity contribution in [2.45, 2.75) is 0 Å². The minimum absolute atomic E-state index is 0.946. The molecular weight excluding hydrogens is 161 g/mol. The molecule has 4 nitrogen and oxygen atoms in total. The number of hydrogen-bond donors (Lipinski definition) is 0. The van der Waals surface area contributed by atoms with Gasteiger partial charge in [0.2, 0.25) is 0 Å². The van der Waals surface area contributed by atoms with Crippen LogP contribution in [-0.2, 0) is 4.57 Å². The van der Waals surface area contributed by atoms with Crippen LogP contribution in [0.4, 0.5) is 0 Å². The molecule has 0 spiro atoms. The van der Waals surface area contributed by atoms with E-state index in [-0.39, 0.29) is 0 Å². The molecule has 0 aromatic rings. The van der Waals surface area contributed by atoms with Crippen LogP contribution in [0.2, 0.25) is 0 Å². The van der Waals surface area contributed by atoms with Crippen molar-refractivity contribution in [3.63, 3.8) is 0 Å². The van der Waals surface area contributed by atoms with Gasteiger partial charge in [0.1, 0.15) is 0 Å². The van der Waals surface area contributed by atoms with Gasteiger partial charge in [-0.05, 0) is 14.1 Å². The molecule has 64 valence electrons. The van der Waals surface area contributed by atoms with E-state index < -0.39 is 7.59 Å². The van der Waals surface area contributed by atoms with E-state index in [0.29, 0.717) is 0 Å². The second-order valence-electron chi connectivity index (χ2n) is 3.23. The van der Waals surface area contributed by atoms with E-state index in [4.69, 9.17) is 0 Å². The molecule has 0 unspecified atom stereocenters. The van der Waals surface area contributed by atoms with Gasteiger partial charge in [0, 0.05) is 26.2 Å². The summed E-state index contributed by atoms with van der Waals surface area (Å²) in [5.41, 5.74) is 0. The number of rotatable bonds is 0. The molecule has 2 aliphatic heterocycles. The van der Waals surface area contributed by atoms with Crippen molar-refractivity contribution >= 4 is 7.59 Å². The molecule has 0 aromatic carbocycles. The second-order valence-corrected chi connectivity index (χ2v) is 6.19. The van der Waals surface area contributed by atoms with Gasteiger partial charge in [0.15, 0.2) is 0 Å². The first kappa shape index (κ1) is 7.74. The molecule has 0 amide bonds. The van der Waals surface area contributed by atoms with Gasteiger partial charge in [-0.1, -0.05) is 0 Å². The molecule has 0 bridgehead atoms. The first-order valence-corrected chi connectivity index (χ1v) is 5.51. The molecule has 0 aliphatic carbocycles. The van der Waals surface area contributed by atoms with Crippen molar-refractivity contribution in [1.29, 1.82) is 0 Å². The maximum Gasteiger partial charge on any atom is 0.286 e. The van der Waals surface area contributed by atoms with E-state index in [0.717, 1.165) is 26.2 Å². The SMILES string of the molecule is CN1CCN2CCN(C)P12=O. The fourth-order valence-corrected chi connectivity index (χ4v) is 4.63.